The molecule has 0 amide bonds. The van der Waals surface area contributed by atoms with E-state index in [1.807, 2.05) is 0 Å². The van der Waals surface area contributed by atoms with Crippen molar-refractivity contribution in [2.75, 3.05) is 0 Å². The van der Waals surface area contributed by atoms with Gasteiger partial charge in [-0.25, -0.2) is 0 Å². The fraction of sp³-hybridized carbons (Fsp3) is 0.600. The van der Waals surface area contributed by atoms with Crippen LogP contribution in [0.15, 0.2) is 0 Å². The van der Waals surface area contributed by atoms with Crippen LogP contribution in [0.25, 0.3) is 0 Å². The molecule has 1 aromatic heterocycles. The Bertz CT molecular complexity index is 308. The molecule has 0 saturated heterocycles. The highest BCUT2D eigenvalue weighted by atomic mass is 19.1. The highest BCUT2D eigenvalue weighted by Gasteiger charge is 2.25. The van der Waals surface area contributed by atoms with Crippen molar-refractivity contribution in [1.29, 1.82) is 0 Å². The van der Waals surface area contributed by atoms with Gasteiger partial charge in [0, 0.05) is 5.21 Å². The third-order valence-corrected chi connectivity index (χ3v) is 1.29. The second-order valence-corrected chi connectivity index (χ2v) is 2.50. The first kappa shape index (κ1) is 8.57. The molecule has 0 fully saturated rings. The minimum atomic E-state index is -1.14. The molecule has 0 radical (unpaired) electrons. The van der Waals surface area contributed by atoms with E-state index in [4.69, 9.17) is 0 Å². The summed E-state index contributed by atoms with van der Waals surface area (Å²) in [5.74, 6) is -1.83. The first-order valence-corrected chi connectivity index (χ1v) is 3.29. The van der Waals surface area contributed by atoms with Crippen LogP contribution in [-0.4, -0.2) is 19.9 Å². The molecular weight excluding hydrogens is 167 g/mol. The maximum atomic E-state index is 12.6. The molecule has 0 saturated carbocycles. The van der Waals surface area contributed by atoms with Gasteiger partial charge in [0.2, 0.25) is 0 Å². The van der Waals surface area contributed by atoms with Crippen LogP contribution in [0.5, 0.6) is 0 Å². The summed E-state index contributed by atoms with van der Waals surface area (Å²) < 4.78 is 13.5. The summed E-state index contributed by atoms with van der Waals surface area (Å²) >= 11 is 0. The Labute approximate surface area is 67.1 Å². The van der Waals surface area contributed by atoms with E-state index in [-0.39, 0.29) is 6.04 Å². The smallest absolute Gasteiger partial charge is 0.358 e. The molecular formula is C5H7FN4O2. The number of aromatic nitrogens is 3. The van der Waals surface area contributed by atoms with E-state index in [0.29, 0.717) is 0 Å². The average Bonchev–Trinajstić information content (AvgIpc) is 2.30. The van der Waals surface area contributed by atoms with Crippen LogP contribution < -0.4 is 0 Å². The molecule has 0 aliphatic carbocycles. The predicted molar refractivity (Wildman–Crippen MR) is 37.0 cm³/mol. The average molecular weight is 174 g/mol. The Balaban J connectivity index is 3.21. The Morgan fingerprint density at radius 1 is 1.67 bits per heavy atom. The fourth-order valence-electron chi connectivity index (χ4n) is 0.776. The fourth-order valence-corrected chi connectivity index (χ4v) is 0.776. The predicted octanol–water partition coefficient (Wildman–Crippen LogP) is 0.906. The van der Waals surface area contributed by atoms with Crippen molar-refractivity contribution < 1.29 is 9.31 Å². The molecule has 66 valence electrons. The lowest BCUT2D eigenvalue weighted by Crippen LogP contribution is -2.07. The molecule has 0 N–H and O–H groups in total. The number of hydrogen-bond acceptors (Lipinski definition) is 4. The lowest BCUT2D eigenvalue weighted by molar-refractivity contribution is -0.395. The summed E-state index contributed by atoms with van der Waals surface area (Å²) in [5, 5.41) is 16.5. The second kappa shape index (κ2) is 2.84. The molecule has 0 aliphatic heterocycles. The number of rotatable bonds is 2. The van der Waals surface area contributed by atoms with Gasteiger partial charge in [0.25, 0.3) is 0 Å². The van der Waals surface area contributed by atoms with Gasteiger partial charge in [-0.15, -0.1) is 4.68 Å². The van der Waals surface area contributed by atoms with Crippen molar-refractivity contribution >= 4 is 5.82 Å². The molecule has 1 aromatic rings. The van der Waals surface area contributed by atoms with Gasteiger partial charge in [-0.1, -0.05) is 5.10 Å². The quantitative estimate of drug-likeness (QED) is 0.493. The first-order valence-electron chi connectivity index (χ1n) is 3.29. The monoisotopic (exact) mass is 174 g/mol. The zero-order chi connectivity index (χ0) is 9.30. The molecule has 1 rings (SSSR count). The maximum Gasteiger partial charge on any atom is 0.402 e. The molecule has 0 unspecified atom stereocenters. The number of nitro groups is 1. The van der Waals surface area contributed by atoms with Crippen LogP contribution in [0, 0.1) is 16.1 Å². The summed E-state index contributed by atoms with van der Waals surface area (Å²) in [5.41, 5.74) is 0. The van der Waals surface area contributed by atoms with Crippen LogP contribution in [-0.2, 0) is 0 Å². The highest BCUT2D eigenvalue weighted by molar-refractivity contribution is 5.14. The van der Waals surface area contributed by atoms with Crippen LogP contribution in [0.4, 0.5) is 10.2 Å². The van der Waals surface area contributed by atoms with Gasteiger partial charge in [-0.05, 0) is 18.8 Å². The van der Waals surface area contributed by atoms with E-state index in [0.717, 1.165) is 4.68 Å². The molecule has 1 heterocycles. The van der Waals surface area contributed by atoms with Crippen molar-refractivity contribution in [1.82, 2.24) is 15.0 Å². The molecule has 0 aliphatic rings. The third-order valence-electron chi connectivity index (χ3n) is 1.29. The van der Waals surface area contributed by atoms with Crippen molar-refractivity contribution in [3.05, 3.63) is 16.1 Å². The lowest BCUT2D eigenvalue weighted by Gasteiger charge is -1.99. The summed E-state index contributed by atoms with van der Waals surface area (Å²) in [6, 6.07) is -0.276. The Morgan fingerprint density at radius 2 is 2.25 bits per heavy atom. The topological polar surface area (TPSA) is 73.8 Å². The Kier molecular flexibility index (Phi) is 2.03. The van der Waals surface area contributed by atoms with Gasteiger partial charge in [0.15, 0.2) is 0 Å². The van der Waals surface area contributed by atoms with Gasteiger partial charge >= 0.3 is 11.8 Å². The van der Waals surface area contributed by atoms with Crippen molar-refractivity contribution in [3.8, 4) is 0 Å². The van der Waals surface area contributed by atoms with E-state index in [9.17, 15) is 14.5 Å². The van der Waals surface area contributed by atoms with Gasteiger partial charge in [0.05, 0.1) is 0 Å². The standard InChI is InChI=1S/C5H7FN4O2/c1-3(2)9-5(10(11)12)4(6)7-8-9/h3H,1-2H3. The summed E-state index contributed by atoms with van der Waals surface area (Å²) in [4.78, 5) is 9.43. The van der Waals surface area contributed by atoms with Crippen molar-refractivity contribution in [3.63, 3.8) is 0 Å². The van der Waals surface area contributed by atoms with Gasteiger partial charge in [-0.3, -0.25) is 0 Å². The maximum absolute atomic E-state index is 12.6. The Hall–Kier alpha value is -1.53. The SMILES string of the molecule is CC(C)n1nnc(F)c1[N+](=O)[O-]. The van der Waals surface area contributed by atoms with Gasteiger partial charge < -0.3 is 10.1 Å². The largest absolute Gasteiger partial charge is 0.402 e. The number of halogens is 1. The van der Waals surface area contributed by atoms with Crippen LogP contribution in [0.3, 0.4) is 0 Å². The van der Waals surface area contributed by atoms with Crippen molar-refractivity contribution in [2.45, 2.75) is 19.9 Å². The summed E-state index contributed by atoms with van der Waals surface area (Å²) in [6.45, 7) is 3.31. The molecule has 6 nitrogen and oxygen atoms in total. The summed E-state index contributed by atoms with van der Waals surface area (Å²) in [6.07, 6.45) is 0. The number of hydrogen-bond donors (Lipinski definition) is 0. The molecule has 12 heavy (non-hydrogen) atoms. The summed E-state index contributed by atoms with van der Waals surface area (Å²) in [7, 11) is 0. The first-order chi connectivity index (χ1) is 5.54. The Morgan fingerprint density at radius 3 is 2.58 bits per heavy atom. The van der Waals surface area contributed by atoms with E-state index in [2.05, 4.69) is 10.3 Å². The second-order valence-electron chi connectivity index (χ2n) is 2.50. The van der Waals surface area contributed by atoms with Gasteiger partial charge in [0.1, 0.15) is 6.04 Å². The lowest BCUT2D eigenvalue weighted by atomic mass is 10.4. The third kappa shape index (κ3) is 1.25. The van der Waals surface area contributed by atoms with Crippen LogP contribution in [0.1, 0.15) is 19.9 Å². The van der Waals surface area contributed by atoms with E-state index in [1.54, 1.807) is 13.8 Å². The van der Waals surface area contributed by atoms with Gasteiger partial charge in [-0.2, -0.15) is 4.39 Å². The van der Waals surface area contributed by atoms with E-state index in [1.165, 1.54) is 0 Å². The van der Waals surface area contributed by atoms with E-state index >= 15 is 0 Å². The molecule has 7 heteroatoms. The molecule has 0 bridgehead atoms. The minimum absolute atomic E-state index is 0.276. The normalized spacial score (nSPS) is 10.7. The van der Waals surface area contributed by atoms with E-state index < -0.39 is 16.7 Å². The zero-order valence-corrected chi connectivity index (χ0v) is 6.56. The molecule has 0 atom stereocenters. The van der Waals surface area contributed by atoms with Crippen LogP contribution in [0.2, 0.25) is 0 Å². The number of nitrogens with zero attached hydrogens (tertiary/aromatic N) is 4. The zero-order valence-electron chi connectivity index (χ0n) is 6.56. The van der Waals surface area contributed by atoms with Crippen LogP contribution >= 0.6 is 0 Å². The highest BCUT2D eigenvalue weighted by Crippen LogP contribution is 2.17. The van der Waals surface area contributed by atoms with Crippen molar-refractivity contribution in [2.24, 2.45) is 0 Å². The molecule has 0 spiro atoms. The molecule has 0 aromatic carbocycles. The minimum Gasteiger partial charge on any atom is -0.358 e.